The summed E-state index contributed by atoms with van der Waals surface area (Å²) in [5.74, 6) is 0.252. The average Bonchev–Trinajstić information content (AvgIpc) is 2.62. The monoisotopic (exact) mass is 355 g/mol. The predicted octanol–water partition coefficient (Wildman–Crippen LogP) is 2.62. The number of hydrogen-bond donors (Lipinski definition) is 1. The maximum Gasteiger partial charge on any atom is 0.282 e. The van der Waals surface area contributed by atoms with Gasteiger partial charge in [0.05, 0.1) is 12.8 Å². The largest absolute Gasteiger partial charge is 0.495 e. The van der Waals surface area contributed by atoms with Gasteiger partial charge in [-0.25, -0.2) is 4.98 Å². The number of nitrogens with zero attached hydrogens (tertiary/aromatic N) is 2. The van der Waals surface area contributed by atoms with Gasteiger partial charge in [-0.05, 0) is 45.0 Å². The van der Waals surface area contributed by atoms with Crippen LogP contribution in [0.2, 0.25) is 0 Å². The highest BCUT2D eigenvalue weighted by Gasteiger charge is 2.52. The van der Waals surface area contributed by atoms with E-state index in [0.29, 0.717) is 23.0 Å². The van der Waals surface area contributed by atoms with Gasteiger partial charge in [0.1, 0.15) is 5.75 Å². The summed E-state index contributed by atoms with van der Waals surface area (Å²) in [7, 11) is 1.51. The molecule has 2 aromatic rings. The zero-order valence-corrected chi connectivity index (χ0v) is 15.1. The Morgan fingerprint density at radius 2 is 2.00 bits per heavy atom. The molecule has 7 heteroatoms. The molecule has 0 radical (unpaired) electrons. The van der Waals surface area contributed by atoms with Crippen LogP contribution in [0.3, 0.4) is 0 Å². The van der Waals surface area contributed by atoms with Crippen LogP contribution in [-0.2, 0) is 9.59 Å². The van der Waals surface area contributed by atoms with Crippen LogP contribution in [0.4, 0.5) is 11.5 Å². The Labute approximate surface area is 151 Å². The zero-order chi connectivity index (χ0) is 18.9. The van der Waals surface area contributed by atoms with Crippen molar-refractivity contribution < 1.29 is 19.1 Å². The highest BCUT2D eigenvalue weighted by Crippen LogP contribution is 2.38. The summed E-state index contributed by atoms with van der Waals surface area (Å²) < 4.78 is 11.1. The second kappa shape index (κ2) is 6.67. The summed E-state index contributed by atoms with van der Waals surface area (Å²) in [6.07, 6.45) is 1.59. The predicted molar refractivity (Wildman–Crippen MR) is 97.5 cm³/mol. The SMILES string of the molecule is COc1ccccc1NC(=O)[C@]1(C)Oc2cccnc2N(C(C)C)C1=O. The molecular weight excluding hydrogens is 334 g/mol. The molecule has 3 rings (SSSR count). The Kier molecular flexibility index (Phi) is 4.54. The van der Waals surface area contributed by atoms with Crippen molar-refractivity contribution in [2.75, 3.05) is 17.3 Å². The van der Waals surface area contributed by atoms with E-state index in [1.807, 2.05) is 13.8 Å². The molecule has 0 saturated carbocycles. The van der Waals surface area contributed by atoms with Crippen molar-refractivity contribution in [1.29, 1.82) is 0 Å². The third-order valence-electron chi connectivity index (χ3n) is 4.22. The fraction of sp³-hybridized carbons (Fsp3) is 0.316. The van der Waals surface area contributed by atoms with E-state index in [1.165, 1.54) is 18.9 Å². The van der Waals surface area contributed by atoms with Gasteiger partial charge in [0.2, 0.25) is 0 Å². The van der Waals surface area contributed by atoms with Crippen LogP contribution in [0, 0.1) is 0 Å². The summed E-state index contributed by atoms with van der Waals surface area (Å²) in [4.78, 5) is 31.8. The molecule has 1 aliphatic heterocycles. The van der Waals surface area contributed by atoms with Crippen molar-refractivity contribution >= 4 is 23.3 Å². The molecule has 0 saturated heterocycles. The number of carbonyl (C=O) groups excluding carboxylic acids is 2. The number of hydrogen-bond acceptors (Lipinski definition) is 5. The van der Waals surface area contributed by atoms with Gasteiger partial charge in [-0.15, -0.1) is 0 Å². The van der Waals surface area contributed by atoms with Crippen molar-refractivity contribution in [3.63, 3.8) is 0 Å². The van der Waals surface area contributed by atoms with Crippen LogP contribution in [0.15, 0.2) is 42.6 Å². The fourth-order valence-corrected chi connectivity index (χ4v) is 2.84. The maximum absolute atomic E-state index is 13.1. The molecule has 1 N–H and O–H groups in total. The minimum Gasteiger partial charge on any atom is -0.495 e. The third-order valence-corrected chi connectivity index (χ3v) is 4.22. The maximum atomic E-state index is 13.1. The number of ether oxygens (including phenoxy) is 2. The van der Waals surface area contributed by atoms with Crippen molar-refractivity contribution in [2.24, 2.45) is 0 Å². The minimum absolute atomic E-state index is 0.182. The lowest BCUT2D eigenvalue weighted by molar-refractivity contribution is -0.145. The normalized spacial score (nSPS) is 19.0. The highest BCUT2D eigenvalue weighted by molar-refractivity contribution is 6.19. The Hall–Kier alpha value is -3.09. The Bertz CT molecular complexity index is 852. The highest BCUT2D eigenvalue weighted by atomic mass is 16.5. The Morgan fingerprint density at radius 1 is 1.27 bits per heavy atom. The van der Waals surface area contributed by atoms with Crippen molar-refractivity contribution in [1.82, 2.24) is 4.98 Å². The van der Waals surface area contributed by atoms with E-state index >= 15 is 0 Å². The number of methoxy groups -OCH3 is 1. The van der Waals surface area contributed by atoms with E-state index in [4.69, 9.17) is 9.47 Å². The van der Waals surface area contributed by atoms with Gasteiger partial charge in [-0.3, -0.25) is 14.5 Å². The third kappa shape index (κ3) is 2.85. The fourth-order valence-electron chi connectivity index (χ4n) is 2.84. The summed E-state index contributed by atoms with van der Waals surface area (Å²) in [6, 6.07) is 10.2. The smallest absolute Gasteiger partial charge is 0.282 e. The molecule has 1 aromatic carbocycles. The van der Waals surface area contributed by atoms with Gasteiger partial charge in [-0.1, -0.05) is 12.1 Å². The second-order valence-electron chi connectivity index (χ2n) is 6.38. The van der Waals surface area contributed by atoms with E-state index in [0.717, 1.165) is 0 Å². The molecule has 1 aliphatic rings. The van der Waals surface area contributed by atoms with E-state index < -0.39 is 17.4 Å². The van der Waals surface area contributed by atoms with E-state index in [-0.39, 0.29) is 6.04 Å². The quantitative estimate of drug-likeness (QED) is 0.853. The van der Waals surface area contributed by atoms with Gasteiger partial charge in [0.25, 0.3) is 17.4 Å². The van der Waals surface area contributed by atoms with Gasteiger partial charge >= 0.3 is 0 Å². The van der Waals surface area contributed by atoms with Gasteiger partial charge in [0, 0.05) is 12.2 Å². The summed E-state index contributed by atoms with van der Waals surface area (Å²) in [5.41, 5.74) is -1.26. The standard InChI is InChI=1S/C19H21N3O4/c1-12(2)22-16-15(10-7-11-20-16)26-19(3,18(22)24)17(23)21-13-8-5-6-9-14(13)25-4/h5-12H,1-4H3,(H,21,23)/t19-/m0/s1. The molecule has 7 nitrogen and oxygen atoms in total. The number of carbonyl (C=O) groups is 2. The number of pyridine rings is 1. The lowest BCUT2D eigenvalue weighted by Crippen LogP contribution is -2.62. The molecular formula is C19H21N3O4. The molecule has 0 spiro atoms. The van der Waals surface area contributed by atoms with Crippen LogP contribution in [-0.4, -0.2) is 35.6 Å². The molecule has 1 aromatic heterocycles. The van der Waals surface area contributed by atoms with Crippen LogP contribution in [0.25, 0.3) is 0 Å². The number of anilines is 2. The lowest BCUT2D eigenvalue weighted by atomic mass is 9.99. The van der Waals surface area contributed by atoms with Crippen LogP contribution < -0.4 is 19.7 Å². The average molecular weight is 355 g/mol. The van der Waals surface area contributed by atoms with E-state index in [9.17, 15) is 9.59 Å². The topological polar surface area (TPSA) is 80.8 Å². The van der Waals surface area contributed by atoms with Crippen LogP contribution in [0.5, 0.6) is 11.5 Å². The summed E-state index contributed by atoms with van der Waals surface area (Å²) in [5, 5.41) is 2.74. The van der Waals surface area contributed by atoms with E-state index in [1.54, 1.807) is 42.6 Å². The second-order valence-corrected chi connectivity index (χ2v) is 6.38. The lowest BCUT2D eigenvalue weighted by Gasteiger charge is -2.40. The van der Waals surface area contributed by atoms with Gasteiger partial charge in [0.15, 0.2) is 11.6 Å². The number of amides is 2. The Morgan fingerprint density at radius 3 is 2.69 bits per heavy atom. The van der Waals surface area contributed by atoms with Crippen molar-refractivity contribution in [3.05, 3.63) is 42.6 Å². The molecule has 1 atom stereocenters. The van der Waals surface area contributed by atoms with Crippen molar-refractivity contribution in [3.8, 4) is 11.5 Å². The zero-order valence-electron chi connectivity index (χ0n) is 15.1. The van der Waals surface area contributed by atoms with E-state index in [2.05, 4.69) is 10.3 Å². The number of nitrogens with one attached hydrogen (secondary N) is 1. The molecule has 0 aliphatic carbocycles. The molecule has 2 amide bonds. The number of aromatic nitrogens is 1. The van der Waals surface area contributed by atoms with Crippen molar-refractivity contribution in [2.45, 2.75) is 32.4 Å². The molecule has 0 fully saturated rings. The first-order valence-electron chi connectivity index (χ1n) is 8.30. The molecule has 2 heterocycles. The first kappa shape index (κ1) is 17.7. The Balaban J connectivity index is 1.98. The van der Waals surface area contributed by atoms with Gasteiger partial charge in [-0.2, -0.15) is 0 Å². The molecule has 0 bridgehead atoms. The van der Waals surface area contributed by atoms with Gasteiger partial charge < -0.3 is 14.8 Å². The van der Waals surface area contributed by atoms with Crippen LogP contribution in [0.1, 0.15) is 20.8 Å². The first-order valence-corrected chi connectivity index (χ1v) is 8.30. The minimum atomic E-state index is -1.72. The molecule has 136 valence electrons. The number of para-hydroxylation sites is 2. The number of rotatable bonds is 4. The first-order chi connectivity index (χ1) is 12.4. The number of fused-ring (bicyclic) bond motifs is 1. The van der Waals surface area contributed by atoms with Crippen LogP contribution >= 0.6 is 0 Å². The summed E-state index contributed by atoms with van der Waals surface area (Å²) >= 11 is 0. The summed E-state index contributed by atoms with van der Waals surface area (Å²) in [6.45, 7) is 5.19. The molecule has 0 unspecified atom stereocenters. The number of benzene rings is 1. The molecule has 26 heavy (non-hydrogen) atoms.